The van der Waals surface area contributed by atoms with Gasteiger partial charge in [-0.3, -0.25) is 4.79 Å². The van der Waals surface area contributed by atoms with Crippen molar-refractivity contribution in [3.63, 3.8) is 0 Å². The predicted octanol–water partition coefficient (Wildman–Crippen LogP) is 4.19. The molecule has 3 rings (SSSR count). The second kappa shape index (κ2) is 6.59. The first kappa shape index (κ1) is 17.6. The van der Waals surface area contributed by atoms with Crippen LogP contribution >= 0.6 is 0 Å². The van der Waals surface area contributed by atoms with Gasteiger partial charge in [0, 0.05) is 0 Å². The molecule has 1 aliphatic rings. The second-order valence-electron chi connectivity index (χ2n) is 6.54. The van der Waals surface area contributed by atoms with Crippen LogP contribution in [0.3, 0.4) is 0 Å². The van der Waals surface area contributed by atoms with Crippen LogP contribution in [0.4, 0.5) is 0 Å². The summed E-state index contributed by atoms with van der Waals surface area (Å²) in [6.45, 7) is 3.82. The number of carbonyl (C=O) groups is 1. The number of carbonyl (C=O) groups excluding carboxylic acids is 1. The molecule has 1 aliphatic heterocycles. The Bertz CT molecular complexity index is 922. The smallest absolute Gasteiger partial charge is 0.189 e. The molecular weight excluding hydrogens is 332 g/mol. The van der Waals surface area contributed by atoms with Gasteiger partial charge in [0.1, 0.15) is 17.1 Å². The maximum absolute atomic E-state index is 12.5. The van der Waals surface area contributed by atoms with E-state index < -0.39 is 5.60 Å². The van der Waals surface area contributed by atoms with Crippen LogP contribution in [0.15, 0.2) is 42.5 Å². The number of rotatable bonds is 4. The average Bonchev–Trinajstić information content (AvgIpc) is 2.59. The fraction of sp³-hybridized carbons (Fsp3) is 0.190. The van der Waals surface area contributed by atoms with Gasteiger partial charge in [0.2, 0.25) is 0 Å². The molecule has 0 saturated carbocycles. The molecule has 5 nitrogen and oxygen atoms in total. The van der Waals surface area contributed by atoms with Crippen LogP contribution in [-0.2, 0) is 0 Å². The van der Waals surface area contributed by atoms with E-state index in [4.69, 9.17) is 9.47 Å². The number of hydrogen-bond donors (Lipinski definition) is 2. The van der Waals surface area contributed by atoms with Crippen LogP contribution in [-0.4, -0.2) is 28.7 Å². The van der Waals surface area contributed by atoms with E-state index in [-0.39, 0.29) is 22.8 Å². The Labute approximate surface area is 151 Å². The minimum atomic E-state index is -0.457. The average molecular weight is 352 g/mol. The van der Waals surface area contributed by atoms with Gasteiger partial charge in [0.25, 0.3) is 0 Å². The molecule has 1 heterocycles. The highest BCUT2D eigenvalue weighted by atomic mass is 16.5. The van der Waals surface area contributed by atoms with Crippen molar-refractivity contribution >= 4 is 17.9 Å². The van der Waals surface area contributed by atoms with Crippen molar-refractivity contribution in [2.75, 3.05) is 7.11 Å². The van der Waals surface area contributed by atoms with Crippen molar-refractivity contribution in [2.45, 2.75) is 19.4 Å². The summed E-state index contributed by atoms with van der Waals surface area (Å²) in [6, 6.07) is 8.05. The molecule has 0 bridgehead atoms. The van der Waals surface area contributed by atoms with Crippen LogP contribution in [0, 0.1) is 0 Å². The molecule has 0 unspecified atom stereocenters. The Hall–Kier alpha value is -3.21. The molecule has 2 aromatic rings. The second-order valence-corrected chi connectivity index (χ2v) is 6.54. The summed E-state index contributed by atoms with van der Waals surface area (Å²) in [4.78, 5) is 12.5. The minimum absolute atomic E-state index is 0.0105. The van der Waals surface area contributed by atoms with Gasteiger partial charge >= 0.3 is 0 Å². The van der Waals surface area contributed by atoms with E-state index in [0.29, 0.717) is 22.6 Å². The maximum Gasteiger partial charge on any atom is 0.189 e. The zero-order valence-electron chi connectivity index (χ0n) is 14.8. The molecule has 2 aromatic carbocycles. The third kappa shape index (κ3) is 3.42. The molecule has 0 fully saturated rings. The molecule has 26 heavy (non-hydrogen) atoms. The van der Waals surface area contributed by atoms with E-state index in [1.54, 1.807) is 36.4 Å². The summed E-state index contributed by atoms with van der Waals surface area (Å²) in [5.41, 5.74) is 0.858. The molecule has 0 spiro atoms. The van der Waals surface area contributed by atoms with Crippen molar-refractivity contribution in [2.24, 2.45) is 0 Å². The lowest BCUT2D eigenvalue weighted by Crippen LogP contribution is -2.27. The first-order valence-corrected chi connectivity index (χ1v) is 8.14. The van der Waals surface area contributed by atoms with E-state index in [1.807, 2.05) is 19.9 Å². The normalized spacial score (nSPS) is 14.7. The number of methoxy groups -OCH3 is 1. The Kier molecular flexibility index (Phi) is 4.47. The zero-order valence-corrected chi connectivity index (χ0v) is 14.8. The minimum Gasteiger partial charge on any atom is -0.506 e. The number of phenolic OH excluding ortho intramolecular Hbond substituents is 2. The van der Waals surface area contributed by atoms with Crippen molar-refractivity contribution < 1.29 is 24.5 Å². The van der Waals surface area contributed by atoms with E-state index >= 15 is 0 Å². The summed E-state index contributed by atoms with van der Waals surface area (Å²) >= 11 is 0. The van der Waals surface area contributed by atoms with Gasteiger partial charge in [-0.2, -0.15) is 0 Å². The lowest BCUT2D eigenvalue weighted by atomic mass is 9.98. The molecule has 2 N–H and O–H groups in total. The Balaban J connectivity index is 1.86. The van der Waals surface area contributed by atoms with Crippen molar-refractivity contribution in [3.05, 3.63) is 59.2 Å². The van der Waals surface area contributed by atoms with Crippen molar-refractivity contribution in [1.82, 2.24) is 0 Å². The van der Waals surface area contributed by atoms with Gasteiger partial charge in [0.15, 0.2) is 17.3 Å². The molecule has 0 radical (unpaired) electrons. The fourth-order valence-corrected chi connectivity index (χ4v) is 2.71. The molecule has 0 saturated heterocycles. The molecule has 0 amide bonds. The topological polar surface area (TPSA) is 76.0 Å². The Morgan fingerprint density at radius 1 is 1.19 bits per heavy atom. The third-order valence-corrected chi connectivity index (χ3v) is 4.10. The molecule has 134 valence electrons. The lowest BCUT2D eigenvalue weighted by molar-refractivity contribution is 0.104. The summed E-state index contributed by atoms with van der Waals surface area (Å²) in [5, 5.41) is 20.2. The summed E-state index contributed by atoms with van der Waals surface area (Å²) in [6.07, 6.45) is 6.51. The highest BCUT2D eigenvalue weighted by Crippen LogP contribution is 2.38. The highest BCUT2D eigenvalue weighted by Gasteiger charge is 2.25. The maximum atomic E-state index is 12.5. The summed E-state index contributed by atoms with van der Waals surface area (Å²) in [5.74, 6) is 0.426. The predicted molar refractivity (Wildman–Crippen MR) is 99.9 cm³/mol. The number of allylic oxidation sites excluding steroid dienone is 1. The van der Waals surface area contributed by atoms with Gasteiger partial charge in [-0.15, -0.1) is 0 Å². The van der Waals surface area contributed by atoms with Gasteiger partial charge < -0.3 is 19.7 Å². The van der Waals surface area contributed by atoms with Crippen LogP contribution in [0.25, 0.3) is 12.2 Å². The first-order chi connectivity index (χ1) is 12.3. The van der Waals surface area contributed by atoms with Gasteiger partial charge in [-0.05, 0) is 61.9 Å². The zero-order chi connectivity index (χ0) is 18.9. The Morgan fingerprint density at radius 2 is 1.96 bits per heavy atom. The molecular formula is C21H20O5. The van der Waals surface area contributed by atoms with Crippen LogP contribution in [0.2, 0.25) is 0 Å². The van der Waals surface area contributed by atoms with Crippen molar-refractivity contribution in [3.8, 4) is 23.0 Å². The van der Waals surface area contributed by atoms with Crippen molar-refractivity contribution in [1.29, 1.82) is 0 Å². The molecule has 5 heteroatoms. The summed E-state index contributed by atoms with van der Waals surface area (Å²) in [7, 11) is 1.46. The van der Waals surface area contributed by atoms with E-state index in [9.17, 15) is 15.0 Å². The van der Waals surface area contributed by atoms with Gasteiger partial charge in [-0.1, -0.05) is 12.1 Å². The number of benzene rings is 2. The van der Waals surface area contributed by atoms with E-state index in [0.717, 1.165) is 0 Å². The molecule has 0 aliphatic carbocycles. The van der Waals surface area contributed by atoms with E-state index in [2.05, 4.69) is 0 Å². The summed E-state index contributed by atoms with van der Waals surface area (Å²) < 4.78 is 10.8. The monoisotopic (exact) mass is 352 g/mol. The SMILES string of the molecule is COc1ccc(/C=C/C(=O)c2ccc3c(c2O)C=CC(C)(C)O3)cc1O. The van der Waals surface area contributed by atoms with Crippen LogP contribution < -0.4 is 9.47 Å². The number of fused-ring (bicyclic) bond motifs is 1. The number of hydrogen-bond acceptors (Lipinski definition) is 5. The quantitative estimate of drug-likeness (QED) is 0.637. The van der Waals surface area contributed by atoms with Gasteiger partial charge in [0.05, 0.1) is 18.2 Å². The lowest BCUT2D eigenvalue weighted by Gasteiger charge is -2.28. The third-order valence-electron chi connectivity index (χ3n) is 4.10. The fourth-order valence-electron chi connectivity index (χ4n) is 2.71. The highest BCUT2D eigenvalue weighted by molar-refractivity contribution is 6.09. The van der Waals surface area contributed by atoms with E-state index in [1.165, 1.54) is 19.3 Å². The first-order valence-electron chi connectivity index (χ1n) is 8.14. The molecule has 0 aromatic heterocycles. The Morgan fingerprint density at radius 3 is 2.65 bits per heavy atom. The van der Waals surface area contributed by atoms with Crippen LogP contribution in [0.5, 0.6) is 23.0 Å². The number of phenols is 2. The van der Waals surface area contributed by atoms with Gasteiger partial charge in [-0.25, -0.2) is 0 Å². The number of ether oxygens (including phenoxy) is 2. The number of aromatic hydroxyl groups is 2. The van der Waals surface area contributed by atoms with Crippen LogP contribution in [0.1, 0.15) is 35.3 Å². The standard InChI is InChI=1S/C21H20O5/c1-21(2)11-10-15-18(26-21)9-6-14(20(15)24)16(22)7-4-13-5-8-19(25-3)17(23)12-13/h4-12,23-24H,1-3H3/b7-4+. The largest absolute Gasteiger partial charge is 0.506 e. The number of ketones is 1. The molecule has 0 atom stereocenters.